The van der Waals surface area contributed by atoms with Crippen LogP contribution < -0.4 is 0 Å². The summed E-state index contributed by atoms with van der Waals surface area (Å²) < 4.78 is 0. The van der Waals surface area contributed by atoms with Crippen molar-refractivity contribution in [2.24, 2.45) is 0 Å². The van der Waals surface area contributed by atoms with E-state index in [2.05, 4.69) is 4.90 Å². The van der Waals surface area contributed by atoms with E-state index in [0.29, 0.717) is 11.1 Å². The number of rotatable bonds is 4. The van der Waals surface area contributed by atoms with Crippen molar-refractivity contribution in [3.8, 4) is 0 Å². The Kier molecular flexibility index (Phi) is 5.16. The van der Waals surface area contributed by atoms with E-state index in [-0.39, 0.29) is 5.91 Å². The highest BCUT2D eigenvalue weighted by Gasteiger charge is 2.29. The van der Waals surface area contributed by atoms with Gasteiger partial charge in [-0.05, 0) is 62.5 Å². The molecule has 2 aliphatic heterocycles. The van der Waals surface area contributed by atoms with E-state index in [1.54, 1.807) is 6.08 Å². The van der Waals surface area contributed by atoms with Crippen LogP contribution in [0.4, 0.5) is 0 Å². The lowest BCUT2D eigenvalue weighted by Crippen LogP contribution is -2.41. The van der Waals surface area contributed by atoms with Gasteiger partial charge in [-0.25, -0.2) is 0 Å². The first-order chi connectivity index (χ1) is 10.7. The number of carbonyl (C=O) groups is 1. The van der Waals surface area contributed by atoms with Crippen LogP contribution in [0.15, 0.2) is 30.3 Å². The first kappa shape index (κ1) is 15.6. The van der Waals surface area contributed by atoms with Gasteiger partial charge in [-0.1, -0.05) is 23.7 Å². The van der Waals surface area contributed by atoms with Crippen LogP contribution in [0.3, 0.4) is 0 Å². The van der Waals surface area contributed by atoms with Crippen molar-refractivity contribution in [1.82, 2.24) is 9.80 Å². The number of carbonyl (C=O) groups excluding carboxylic acids is 1. The summed E-state index contributed by atoms with van der Waals surface area (Å²) in [5.74, 6) is 0.136. The van der Waals surface area contributed by atoms with Gasteiger partial charge in [0.25, 0.3) is 0 Å². The molecule has 0 aromatic heterocycles. The molecule has 0 spiro atoms. The minimum Gasteiger partial charge on any atom is -0.335 e. The van der Waals surface area contributed by atoms with Crippen molar-refractivity contribution in [1.29, 1.82) is 0 Å². The van der Waals surface area contributed by atoms with Crippen molar-refractivity contribution < 1.29 is 4.79 Å². The summed E-state index contributed by atoms with van der Waals surface area (Å²) in [6.07, 6.45) is 8.44. The lowest BCUT2D eigenvalue weighted by molar-refractivity contribution is -0.127. The molecule has 0 N–H and O–H groups in total. The average molecular weight is 319 g/mol. The molecule has 4 heteroatoms. The molecule has 0 radical (unpaired) electrons. The second-order valence-corrected chi connectivity index (χ2v) is 6.66. The number of halogens is 1. The Hall–Kier alpha value is -1.32. The number of amides is 1. The first-order valence-corrected chi connectivity index (χ1v) is 8.57. The molecule has 2 saturated heterocycles. The van der Waals surface area contributed by atoms with Crippen LogP contribution in [0.1, 0.15) is 31.2 Å². The van der Waals surface area contributed by atoms with Gasteiger partial charge in [0.15, 0.2) is 0 Å². The van der Waals surface area contributed by atoms with E-state index in [1.165, 1.54) is 25.9 Å². The van der Waals surface area contributed by atoms with Crippen molar-refractivity contribution in [2.45, 2.75) is 31.7 Å². The van der Waals surface area contributed by atoms with Crippen LogP contribution in [0.5, 0.6) is 0 Å². The summed E-state index contributed by atoms with van der Waals surface area (Å²) >= 11 is 5.87. The van der Waals surface area contributed by atoms with E-state index in [9.17, 15) is 4.79 Å². The molecule has 1 amide bonds. The summed E-state index contributed by atoms with van der Waals surface area (Å²) in [5, 5.41) is 0.716. The van der Waals surface area contributed by atoms with Gasteiger partial charge in [0, 0.05) is 30.2 Å². The predicted octanol–water partition coefficient (Wildman–Crippen LogP) is 3.44. The van der Waals surface area contributed by atoms with Gasteiger partial charge < -0.3 is 9.80 Å². The third kappa shape index (κ3) is 3.90. The molecule has 3 rings (SSSR count). The Bertz CT molecular complexity index is 535. The van der Waals surface area contributed by atoms with Gasteiger partial charge in [0.2, 0.25) is 5.91 Å². The van der Waals surface area contributed by atoms with E-state index in [4.69, 9.17) is 11.6 Å². The van der Waals surface area contributed by atoms with Crippen LogP contribution in [0.2, 0.25) is 5.02 Å². The average Bonchev–Trinajstić information content (AvgIpc) is 3.19. The normalized spacial score (nSPS) is 22.8. The smallest absolute Gasteiger partial charge is 0.246 e. The fourth-order valence-electron chi connectivity index (χ4n) is 3.42. The fourth-order valence-corrected chi connectivity index (χ4v) is 3.54. The quantitative estimate of drug-likeness (QED) is 0.794. The Labute approximate surface area is 137 Å². The Morgan fingerprint density at radius 2 is 1.86 bits per heavy atom. The SMILES string of the molecule is O=C(/C=C/c1ccc(Cl)cc1)N1CCCC1CN1CCCC1. The molecule has 1 aromatic carbocycles. The van der Waals surface area contributed by atoms with Crippen LogP contribution in [0.25, 0.3) is 6.08 Å². The summed E-state index contributed by atoms with van der Waals surface area (Å²) in [5.41, 5.74) is 1.01. The highest BCUT2D eigenvalue weighted by atomic mass is 35.5. The molecule has 118 valence electrons. The summed E-state index contributed by atoms with van der Waals surface area (Å²) in [6.45, 7) is 4.32. The number of benzene rings is 1. The van der Waals surface area contributed by atoms with Gasteiger partial charge in [0.1, 0.15) is 0 Å². The van der Waals surface area contributed by atoms with Crippen molar-refractivity contribution in [2.75, 3.05) is 26.2 Å². The summed E-state index contributed by atoms with van der Waals surface area (Å²) in [7, 11) is 0. The summed E-state index contributed by atoms with van der Waals surface area (Å²) in [6, 6.07) is 7.94. The maximum Gasteiger partial charge on any atom is 0.246 e. The second kappa shape index (κ2) is 7.30. The number of nitrogens with zero attached hydrogens (tertiary/aromatic N) is 2. The van der Waals surface area contributed by atoms with Crippen LogP contribution in [0, 0.1) is 0 Å². The monoisotopic (exact) mass is 318 g/mol. The zero-order chi connectivity index (χ0) is 15.4. The molecule has 2 heterocycles. The lowest BCUT2D eigenvalue weighted by atomic mass is 10.2. The molecule has 2 aliphatic rings. The molecular formula is C18H23ClN2O. The van der Waals surface area contributed by atoms with Crippen LogP contribution >= 0.6 is 11.6 Å². The van der Waals surface area contributed by atoms with Crippen LogP contribution in [-0.2, 0) is 4.79 Å². The zero-order valence-electron chi connectivity index (χ0n) is 12.9. The third-order valence-corrected chi connectivity index (χ3v) is 4.87. The molecule has 1 unspecified atom stereocenters. The van der Waals surface area contributed by atoms with E-state index in [0.717, 1.165) is 31.5 Å². The number of likely N-dealkylation sites (tertiary alicyclic amines) is 2. The molecule has 1 aromatic rings. The van der Waals surface area contributed by atoms with Crippen molar-refractivity contribution in [3.63, 3.8) is 0 Å². The second-order valence-electron chi connectivity index (χ2n) is 6.22. The topological polar surface area (TPSA) is 23.6 Å². The molecule has 3 nitrogen and oxygen atoms in total. The summed E-state index contributed by atoms with van der Waals surface area (Å²) in [4.78, 5) is 17.0. The van der Waals surface area contributed by atoms with Gasteiger partial charge in [-0.3, -0.25) is 4.79 Å². The number of hydrogen-bond acceptors (Lipinski definition) is 2. The van der Waals surface area contributed by atoms with Crippen LogP contribution in [-0.4, -0.2) is 47.9 Å². The lowest BCUT2D eigenvalue weighted by Gasteiger charge is -2.27. The van der Waals surface area contributed by atoms with Gasteiger partial charge in [-0.2, -0.15) is 0 Å². The molecule has 1 atom stereocenters. The molecular weight excluding hydrogens is 296 g/mol. The van der Waals surface area contributed by atoms with Gasteiger partial charge >= 0.3 is 0 Å². The Morgan fingerprint density at radius 3 is 2.59 bits per heavy atom. The van der Waals surface area contributed by atoms with E-state index in [1.807, 2.05) is 35.2 Å². The molecule has 0 saturated carbocycles. The van der Waals surface area contributed by atoms with Gasteiger partial charge in [-0.15, -0.1) is 0 Å². The Balaban J connectivity index is 1.59. The predicted molar refractivity (Wildman–Crippen MR) is 90.9 cm³/mol. The largest absolute Gasteiger partial charge is 0.335 e. The number of hydrogen-bond donors (Lipinski definition) is 0. The Morgan fingerprint density at radius 1 is 1.14 bits per heavy atom. The molecule has 22 heavy (non-hydrogen) atoms. The first-order valence-electron chi connectivity index (χ1n) is 8.19. The van der Waals surface area contributed by atoms with Crippen molar-refractivity contribution >= 4 is 23.6 Å². The molecule has 0 bridgehead atoms. The van der Waals surface area contributed by atoms with E-state index < -0.39 is 0 Å². The third-order valence-electron chi connectivity index (χ3n) is 4.62. The fraction of sp³-hybridized carbons (Fsp3) is 0.500. The van der Waals surface area contributed by atoms with Crippen molar-refractivity contribution in [3.05, 3.63) is 40.9 Å². The maximum absolute atomic E-state index is 12.5. The maximum atomic E-state index is 12.5. The molecule has 2 fully saturated rings. The van der Waals surface area contributed by atoms with Gasteiger partial charge in [0.05, 0.1) is 0 Å². The minimum absolute atomic E-state index is 0.136. The highest BCUT2D eigenvalue weighted by Crippen LogP contribution is 2.21. The minimum atomic E-state index is 0.136. The zero-order valence-corrected chi connectivity index (χ0v) is 13.6. The van der Waals surface area contributed by atoms with E-state index >= 15 is 0 Å². The molecule has 0 aliphatic carbocycles. The standard InChI is InChI=1S/C18H23ClN2O/c19-16-8-5-15(6-9-16)7-10-18(22)21-13-3-4-17(21)14-20-11-1-2-12-20/h5-10,17H,1-4,11-14H2/b10-7+. The highest BCUT2D eigenvalue weighted by molar-refractivity contribution is 6.30.